The highest BCUT2D eigenvalue weighted by molar-refractivity contribution is 6.11. The van der Waals surface area contributed by atoms with E-state index in [1.807, 2.05) is 18.5 Å². The lowest BCUT2D eigenvalue weighted by molar-refractivity contribution is 1.18. The molecular formula is C41H28N2. The maximum absolute atomic E-state index is 4.32. The molecular weight excluding hydrogens is 520 g/mol. The van der Waals surface area contributed by atoms with Crippen molar-refractivity contribution in [2.45, 2.75) is 0 Å². The van der Waals surface area contributed by atoms with Gasteiger partial charge in [-0.3, -0.25) is 4.98 Å². The molecule has 0 amide bonds. The van der Waals surface area contributed by atoms with Gasteiger partial charge in [0.15, 0.2) is 0 Å². The van der Waals surface area contributed by atoms with Crippen LogP contribution >= 0.6 is 0 Å². The first kappa shape index (κ1) is 25.0. The molecule has 2 heteroatoms. The average Bonchev–Trinajstić information content (AvgIpc) is 3.42. The largest absolute Gasteiger partial charge is 0.309 e. The summed E-state index contributed by atoms with van der Waals surface area (Å²) in [6.07, 6.45) is 3.73. The summed E-state index contributed by atoms with van der Waals surface area (Å²) in [5.41, 5.74) is 13.1. The third kappa shape index (κ3) is 4.60. The van der Waals surface area contributed by atoms with Crippen LogP contribution in [-0.2, 0) is 0 Å². The van der Waals surface area contributed by atoms with Crippen molar-refractivity contribution in [3.05, 3.63) is 170 Å². The molecule has 0 spiro atoms. The lowest BCUT2D eigenvalue weighted by Crippen LogP contribution is -1.94. The van der Waals surface area contributed by atoms with Gasteiger partial charge in [0, 0.05) is 34.4 Å². The molecule has 0 radical (unpaired) electrons. The van der Waals surface area contributed by atoms with Gasteiger partial charge in [0.2, 0.25) is 0 Å². The van der Waals surface area contributed by atoms with E-state index in [9.17, 15) is 0 Å². The van der Waals surface area contributed by atoms with Crippen molar-refractivity contribution in [2.75, 3.05) is 0 Å². The lowest BCUT2D eigenvalue weighted by Gasteiger charge is -2.11. The molecule has 2 heterocycles. The van der Waals surface area contributed by atoms with Crippen LogP contribution in [0.1, 0.15) is 0 Å². The Bertz CT molecular complexity index is 2070. The predicted octanol–water partition coefficient (Wildman–Crippen LogP) is 10.8. The van der Waals surface area contributed by atoms with Crippen molar-refractivity contribution in [1.82, 2.24) is 9.55 Å². The minimum absolute atomic E-state index is 1.12. The van der Waals surface area contributed by atoms with Gasteiger partial charge in [-0.25, -0.2) is 0 Å². The Morgan fingerprint density at radius 1 is 0.349 bits per heavy atom. The maximum atomic E-state index is 4.32. The Kier molecular flexibility index (Phi) is 6.16. The molecule has 0 N–H and O–H groups in total. The minimum Gasteiger partial charge on any atom is -0.309 e. The van der Waals surface area contributed by atoms with Gasteiger partial charge < -0.3 is 4.57 Å². The molecule has 43 heavy (non-hydrogen) atoms. The summed E-state index contributed by atoms with van der Waals surface area (Å²) in [4.78, 5) is 4.32. The third-order valence-corrected chi connectivity index (χ3v) is 8.28. The first-order valence-corrected chi connectivity index (χ1v) is 14.6. The summed E-state index contributed by atoms with van der Waals surface area (Å²) in [5, 5.41) is 2.49. The number of para-hydroxylation sites is 1. The zero-order valence-corrected chi connectivity index (χ0v) is 23.6. The normalized spacial score (nSPS) is 11.3. The molecule has 8 rings (SSSR count). The van der Waals surface area contributed by atoms with Crippen LogP contribution in [0.2, 0.25) is 0 Å². The van der Waals surface area contributed by atoms with E-state index in [0.717, 1.165) is 16.8 Å². The molecule has 2 nitrogen and oxygen atoms in total. The predicted molar refractivity (Wildman–Crippen MR) is 180 cm³/mol. The smallest absolute Gasteiger partial charge is 0.0547 e. The van der Waals surface area contributed by atoms with Crippen molar-refractivity contribution in [3.8, 4) is 50.2 Å². The summed E-state index contributed by atoms with van der Waals surface area (Å²) in [6.45, 7) is 0. The van der Waals surface area contributed by atoms with Crippen molar-refractivity contribution in [1.29, 1.82) is 0 Å². The Labute approximate surface area is 251 Å². The number of benzene rings is 6. The zero-order chi connectivity index (χ0) is 28.6. The van der Waals surface area contributed by atoms with Crippen LogP contribution in [0.4, 0.5) is 0 Å². The van der Waals surface area contributed by atoms with Crippen LogP contribution < -0.4 is 0 Å². The first-order chi connectivity index (χ1) is 21.3. The van der Waals surface area contributed by atoms with Gasteiger partial charge in [0.1, 0.15) is 0 Å². The van der Waals surface area contributed by atoms with E-state index in [-0.39, 0.29) is 0 Å². The van der Waals surface area contributed by atoms with Crippen molar-refractivity contribution in [2.24, 2.45) is 0 Å². The molecule has 0 fully saturated rings. The van der Waals surface area contributed by atoms with Crippen LogP contribution in [0, 0.1) is 0 Å². The molecule has 2 aromatic heterocycles. The van der Waals surface area contributed by atoms with Crippen LogP contribution in [0.5, 0.6) is 0 Å². The van der Waals surface area contributed by atoms with E-state index in [2.05, 4.69) is 161 Å². The molecule has 0 aliphatic heterocycles. The second-order valence-corrected chi connectivity index (χ2v) is 10.9. The van der Waals surface area contributed by atoms with Gasteiger partial charge in [-0.2, -0.15) is 0 Å². The number of fused-ring (bicyclic) bond motifs is 3. The fraction of sp³-hybridized carbons (Fsp3) is 0. The summed E-state index contributed by atoms with van der Waals surface area (Å²) < 4.78 is 2.41. The van der Waals surface area contributed by atoms with Crippen LogP contribution in [0.25, 0.3) is 72.0 Å². The fourth-order valence-electron chi connectivity index (χ4n) is 6.15. The van der Waals surface area contributed by atoms with Gasteiger partial charge in [-0.1, -0.05) is 115 Å². The quantitative estimate of drug-likeness (QED) is 0.209. The molecule has 0 unspecified atom stereocenters. The Morgan fingerprint density at radius 2 is 0.814 bits per heavy atom. The van der Waals surface area contributed by atoms with E-state index in [0.29, 0.717) is 0 Å². The lowest BCUT2D eigenvalue weighted by atomic mass is 9.97. The highest BCUT2D eigenvalue weighted by Gasteiger charge is 2.15. The summed E-state index contributed by atoms with van der Waals surface area (Å²) >= 11 is 0. The second kappa shape index (κ2) is 10.6. The number of pyridine rings is 1. The first-order valence-electron chi connectivity index (χ1n) is 14.6. The topological polar surface area (TPSA) is 17.8 Å². The molecule has 0 aliphatic rings. The maximum Gasteiger partial charge on any atom is 0.0547 e. The van der Waals surface area contributed by atoms with Crippen LogP contribution in [-0.4, -0.2) is 9.55 Å². The molecule has 6 aromatic carbocycles. The van der Waals surface area contributed by atoms with Crippen LogP contribution in [0.15, 0.2) is 170 Å². The van der Waals surface area contributed by atoms with E-state index in [1.54, 1.807) is 0 Å². The summed E-state index contributed by atoms with van der Waals surface area (Å²) in [6, 6.07) is 56.6. The SMILES string of the molecule is c1ccc(-c2cccc(-c3ccc4c5ccc(-c6cccc(-c7cccnc7)c6)cc5n(-c5ccccc5)c4c3)c2)cc1. The Balaban J connectivity index is 1.30. The molecule has 8 aromatic rings. The zero-order valence-electron chi connectivity index (χ0n) is 23.6. The number of hydrogen-bond acceptors (Lipinski definition) is 1. The highest BCUT2D eigenvalue weighted by Crippen LogP contribution is 2.38. The van der Waals surface area contributed by atoms with E-state index in [4.69, 9.17) is 0 Å². The highest BCUT2D eigenvalue weighted by atomic mass is 15.0. The number of hydrogen-bond donors (Lipinski definition) is 0. The van der Waals surface area contributed by atoms with Crippen molar-refractivity contribution >= 4 is 21.8 Å². The molecule has 0 aliphatic carbocycles. The van der Waals surface area contributed by atoms with Crippen LogP contribution in [0.3, 0.4) is 0 Å². The minimum atomic E-state index is 1.12. The summed E-state index contributed by atoms with van der Waals surface area (Å²) in [7, 11) is 0. The third-order valence-electron chi connectivity index (χ3n) is 8.28. The average molecular weight is 549 g/mol. The number of rotatable bonds is 5. The second-order valence-electron chi connectivity index (χ2n) is 10.9. The van der Waals surface area contributed by atoms with Gasteiger partial charge in [0.25, 0.3) is 0 Å². The molecule has 0 atom stereocenters. The number of nitrogens with zero attached hydrogens (tertiary/aromatic N) is 2. The van der Waals surface area contributed by atoms with Crippen molar-refractivity contribution in [3.63, 3.8) is 0 Å². The fourth-order valence-corrected chi connectivity index (χ4v) is 6.15. The van der Waals surface area contributed by atoms with Gasteiger partial charge in [0.05, 0.1) is 11.0 Å². The molecule has 0 saturated heterocycles. The molecule has 0 bridgehead atoms. The van der Waals surface area contributed by atoms with Gasteiger partial charge in [-0.05, 0) is 81.4 Å². The standard InChI is InChI=1S/C41H28N2/c1-3-10-29(11-4-1)30-12-7-13-31(24-30)34-19-21-38-39-22-20-35(32-14-8-15-33(25-32)36-16-9-23-42-28-36)27-41(39)43(40(38)26-34)37-17-5-2-6-18-37/h1-28H. The molecule has 202 valence electrons. The van der Waals surface area contributed by atoms with Gasteiger partial charge in [-0.15, -0.1) is 0 Å². The van der Waals surface area contributed by atoms with E-state index < -0.39 is 0 Å². The molecule has 0 saturated carbocycles. The number of aromatic nitrogens is 2. The van der Waals surface area contributed by atoms with Crippen molar-refractivity contribution < 1.29 is 0 Å². The Morgan fingerprint density at radius 3 is 1.37 bits per heavy atom. The van der Waals surface area contributed by atoms with E-state index >= 15 is 0 Å². The van der Waals surface area contributed by atoms with Gasteiger partial charge >= 0.3 is 0 Å². The van der Waals surface area contributed by atoms with E-state index in [1.165, 1.54) is 55.2 Å². The monoisotopic (exact) mass is 548 g/mol. The summed E-state index contributed by atoms with van der Waals surface area (Å²) in [5.74, 6) is 0. The Hall–Kier alpha value is -5.73.